The standard InChI is InChI=1S/C14H19F2N3O/c15-12-8-11(9-13(16)10-12)14(20)19-6-4-18(5-7-19)3-1-2-17/h8-10H,1-7,17H2. The minimum atomic E-state index is -0.727. The monoisotopic (exact) mass is 283 g/mol. The number of carbonyl (C=O) groups is 1. The van der Waals surface area contributed by atoms with Crippen molar-refractivity contribution >= 4 is 5.91 Å². The summed E-state index contributed by atoms with van der Waals surface area (Å²) in [6, 6.07) is 2.92. The van der Waals surface area contributed by atoms with Gasteiger partial charge in [0.1, 0.15) is 11.6 Å². The Balaban J connectivity index is 1.94. The molecular formula is C14H19F2N3O. The van der Waals surface area contributed by atoms with Crippen molar-refractivity contribution in [2.75, 3.05) is 39.3 Å². The molecule has 0 spiro atoms. The molecule has 1 amide bonds. The number of halogens is 2. The zero-order chi connectivity index (χ0) is 14.5. The SMILES string of the molecule is NCCCN1CCN(C(=O)c2cc(F)cc(F)c2)CC1. The van der Waals surface area contributed by atoms with E-state index in [1.165, 1.54) is 0 Å². The van der Waals surface area contributed by atoms with Gasteiger partial charge in [0.15, 0.2) is 0 Å². The van der Waals surface area contributed by atoms with Gasteiger partial charge in [-0.15, -0.1) is 0 Å². The molecule has 1 aromatic rings. The molecule has 0 unspecified atom stereocenters. The quantitative estimate of drug-likeness (QED) is 0.899. The Hall–Kier alpha value is -1.53. The molecule has 1 aromatic carbocycles. The zero-order valence-electron chi connectivity index (χ0n) is 11.3. The Morgan fingerprint density at radius 1 is 1.10 bits per heavy atom. The van der Waals surface area contributed by atoms with Gasteiger partial charge >= 0.3 is 0 Å². The second-order valence-electron chi connectivity index (χ2n) is 4.93. The normalized spacial score (nSPS) is 16.4. The molecule has 20 heavy (non-hydrogen) atoms. The molecule has 1 aliphatic rings. The third kappa shape index (κ3) is 3.74. The molecule has 0 bridgehead atoms. The highest BCUT2D eigenvalue weighted by Gasteiger charge is 2.22. The highest BCUT2D eigenvalue weighted by Crippen LogP contribution is 2.12. The molecule has 0 radical (unpaired) electrons. The van der Waals surface area contributed by atoms with Crippen molar-refractivity contribution in [2.45, 2.75) is 6.42 Å². The lowest BCUT2D eigenvalue weighted by molar-refractivity contribution is 0.0635. The van der Waals surface area contributed by atoms with Crippen LogP contribution in [0.1, 0.15) is 16.8 Å². The molecule has 2 rings (SSSR count). The smallest absolute Gasteiger partial charge is 0.254 e. The Morgan fingerprint density at radius 2 is 1.70 bits per heavy atom. The molecule has 2 N–H and O–H groups in total. The van der Waals surface area contributed by atoms with Crippen LogP contribution in [-0.4, -0.2) is 55.0 Å². The molecule has 0 atom stereocenters. The molecule has 0 aliphatic carbocycles. The van der Waals surface area contributed by atoms with Gasteiger partial charge in [-0.3, -0.25) is 9.69 Å². The molecule has 4 nitrogen and oxygen atoms in total. The van der Waals surface area contributed by atoms with Crippen LogP contribution in [0.3, 0.4) is 0 Å². The fraction of sp³-hybridized carbons (Fsp3) is 0.500. The second kappa shape index (κ2) is 6.76. The van der Waals surface area contributed by atoms with E-state index in [-0.39, 0.29) is 11.5 Å². The predicted octanol–water partition coefficient (Wildman–Crippen LogP) is 1.07. The van der Waals surface area contributed by atoms with Crippen molar-refractivity contribution in [3.63, 3.8) is 0 Å². The molecule has 6 heteroatoms. The molecule has 1 saturated heterocycles. The molecule has 110 valence electrons. The van der Waals surface area contributed by atoms with Crippen LogP contribution in [0.25, 0.3) is 0 Å². The third-order valence-corrected chi connectivity index (χ3v) is 3.45. The van der Waals surface area contributed by atoms with Gasteiger partial charge in [-0.05, 0) is 31.6 Å². The van der Waals surface area contributed by atoms with Gasteiger partial charge in [0, 0.05) is 37.8 Å². The van der Waals surface area contributed by atoms with E-state index in [4.69, 9.17) is 5.73 Å². The summed E-state index contributed by atoms with van der Waals surface area (Å²) < 4.78 is 26.3. The highest BCUT2D eigenvalue weighted by molar-refractivity contribution is 5.94. The number of rotatable bonds is 4. The van der Waals surface area contributed by atoms with E-state index < -0.39 is 11.6 Å². The second-order valence-corrected chi connectivity index (χ2v) is 4.93. The molecule has 1 fully saturated rings. The predicted molar refractivity (Wildman–Crippen MR) is 72.4 cm³/mol. The summed E-state index contributed by atoms with van der Waals surface area (Å²) in [6.07, 6.45) is 0.934. The summed E-state index contributed by atoms with van der Waals surface area (Å²) in [5.74, 6) is -1.77. The number of piperazine rings is 1. The number of hydrogen-bond donors (Lipinski definition) is 1. The first-order valence-corrected chi connectivity index (χ1v) is 6.78. The fourth-order valence-electron chi connectivity index (χ4n) is 2.35. The van der Waals surface area contributed by atoms with E-state index in [9.17, 15) is 13.6 Å². The Morgan fingerprint density at radius 3 is 2.25 bits per heavy atom. The summed E-state index contributed by atoms with van der Waals surface area (Å²) >= 11 is 0. The maximum absolute atomic E-state index is 13.1. The van der Waals surface area contributed by atoms with E-state index in [2.05, 4.69) is 4.90 Å². The maximum Gasteiger partial charge on any atom is 0.254 e. The Bertz CT molecular complexity index is 453. The van der Waals surface area contributed by atoms with Gasteiger partial charge in [-0.25, -0.2) is 8.78 Å². The molecule has 1 aliphatic heterocycles. The van der Waals surface area contributed by atoms with Crippen molar-refractivity contribution in [1.82, 2.24) is 9.80 Å². The van der Waals surface area contributed by atoms with Crippen molar-refractivity contribution < 1.29 is 13.6 Å². The van der Waals surface area contributed by atoms with Crippen LogP contribution in [0.2, 0.25) is 0 Å². The van der Waals surface area contributed by atoms with Gasteiger partial charge in [0.25, 0.3) is 5.91 Å². The molecular weight excluding hydrogens is 264 g/mol. The van der Waals surface area contributed by atoms with Gasteiger partial charge in [0.2, 0.25) is 0 Å². The molecule has 0 saturated carbocycles. The van der Waals surface area contributed by atoms with Gasteiger partial charge < -0.3 is 10.6 Å². The van der Waals surface area contributed by atoms with Gasteiger partial charge in [-0.1, -0.05) is 0 Å². The van der Waals surface area contributed by atoms with Crippen LogP contribution in [-0.2, 0) is 0 Å². The van der Waals surface area contributed by atoms with Crippen LogP contribution in [0.4, 0.5) is 8.78 Å². The minimum Gasteiger partial charge on any atom is -0.336 e. The van der Waals surface area contributed by atoms with E-state index in [1.807, 2.05) is 0 Å². The fourth-order valence-corrected chi connectivity index (χ4v) is 2.35. The summed E-state index contributed by atoms with van der Waals surface area (Å²) in [5.41, 5.74) is 5.53. The van der Waals surface area contributed by atoms with E-state index >= 15 is 0 Å². The Kier molecular flexibility index (Phi) is 5.03. The number of amides is 1. The number of benzene rings is 1. The minimum absolute atomic E-state index is 0.0675. The summed E-state index contributed by atoms with van der Waals surface area (Å²) in [5, 5.41) is 0. The third-order valence-electron chi connectivity index (χ3n) is 3.45. The van der Waals surface area contributed by atoms with Gasteiger partial charge in [-0.2, -0.15) is 0 Å². The van der Waals surface area contributed by atoms with Crippen LogP contribution in [0, 0.1) is 11.6 Å². The first kappa shape index (κ1) is 14.9. The Labute approximate surface area is 117 Å². The topological polar surface area (TPSA) is 49.6 Å². The van der Waals surface area contributed by atoms with E-state index in [0.29, 0.717) is 19.6 Å². The van der Waals surface area contributed by atoms with Crippen molar-refractivity contribution in [2.24, 2.45) is 5.73 Å². The average molecular weight is 283 g/mol. The highest BCUT2D eigenvalue weighted by atomic mass is 19.1. The van der Waals surface area contributed by atoms with Crippen LogP contribution >= 0.6 is 0 Å². The van der Waals surface area contributed by atoms with Crippen LogP contribution in [0.5, 0.6) is 0 Å². The summed E-state index contributed by atoms with van der Waals surface area (Å²) in [6.45, 7) is 4.25. The summed E-state index contributed by atoms with van der Waals surface area (Å²) in [7, 11) is 0. The lowest BCUT2D eigenvalue weighted by Crippen LogP contribution is -2.49. The maximum atomic E-state index is 13.1. The van der Waals surface area contributed by atoms with E-state index in [0.717, 1.165) is 44.3 Å². The average Bonchev–Trinajstić information content (AvgIpc) is 2.44. The summed E-state index contributed by atoms with van der Waals surface area (Å²) in [4.78, 5) is 16.0. The number of nitrogens with zero attached hydrogens (tertiary/aromatic N) is 2. The lowest BCUT2D eigenvalue weighted by Gasteiger charge is -2.34. The zero-order valence-corrected chi connectivity index (χ0v) is 11.3. The molecule has 1 heterocycles. The van der Waals surface area contributed by atoms with Crippen molar-refractivity contribution in [3.8, 4) is 0 Å². The van der Waals surface area contributed by atoms with Crippen LogP contribution in [0.15, 0.2) is 18.2 Å². The van der Waals surface area contributed by atoms with Crippen molar-refractivity contribution in [3.05, 3.63) is 35.4 Å². The first-order chi connectivity index (χ1) is 9.60. The van der Waals surface area contributed by atoms with E-state index in [1.54, 1.807) is 4.90 Å². The molecule has 0 aromatic heterocycles. The largest absolute Gasteiger partial charge is 0.336 e. The first-order valence-electron chi connectivity index (χ1n) is 6.78. The lowest BCUT2D eigenvalue weighted by atomic mass is 10.1. The number of carbonyl (C=O) groups excluding carboxylic acids is 1. The van der Waals surface area contributed by atoms with Crippen LogP contribution < -0.4 is 5.73 Å². The van der Waals surface area contributed by atoms with Gasteiger partial charge in [0.05, 0.1) is 0 Å². The number of nitrogens with two attached hydrogens (primary N) is 1. The van der Waals surface area contributed by atoms with Crippen molar-refractivity contribution in [1.29, 1.82) is 0 Å². The number of hydrogen-bond acceptors (Lipinski definition) is 3.